The molecule has 0 radical (unpaired) electrons. The van der Waals surface area contributed by atoms with Crippen LogP contribution in [0.25, 0.3) is 11.1 Å². The third kappa shape index (κ3) is 4.22. The van der Waals surface area contributed by atoms with Gasteiger partial charge in [0, 0.05) is 30.3 Å². The number of benzene rings is 3. The molecule has 5 heteroatoms. The lowest BCUT2D eigenvalue weighted by Crippen LogP contribution is -2.35. The van der Waals surface area contributed by atoms with Crippen LogP contribution in [0.15, 0.2) is 66.7 Å². The molecule has 4 atom stereocenters. The van der Waals surface area contributed by atoms with Crippen molar-refractivity contribution in [2.45, 2.75) is 38.8 Å². The number of rotatable bonds is 6. The molecule has 2 heterocycles. The fourth-order valence-electron chi connectivity index (χ4n) is 5.93. The maximum absolute atomic E-state index is 10.2. The number of phenolic OH excluding ortho intramolecular Hbond substituents is 2. The summed E-state index contributed by atoms with van der Waals surface area (Å²) in [5.74, 6) is 3.81. The molecule has 1 aliphatic carbocycles. The van der Waals surface area contributed by atoms with E-state index in [0.717, 1.165) is 51.2 Å². The van der Waals surface area contributed by atoms with E-state index in [4.69, 9.17) is 9.47 Å². The van der Waals surface area contributed by atoms with E-state index in [2.05, 4.69) is 24.0 Å². The molecule has 5 nitrogen and oxygen atoms in total. The lowest BCUT2D eigenvalue weighted by atomic mass is 9.77. The van der Waals surface area contributed by atoms with Crippen LogP contribution in [0, 0.1) is 11.8 Å². The van der Waals surface area contributed by atoms with Gasteiger partial charge in [0.25, 0.3) is 0 Å². The number of hydrogen-bond donors (Lipinski definition) is 2. The van der Waals surface area contributed by atoms with Crippen molar-refractivity contribution in [3.63, 3.8) is 0 Å². The Balaban J connectivity index is 1.24. The zero-order chi connectivity index (χ0) is 24.8. The van der Waals surface area contributed by atoms with Crippen LogP contribution in [-0.4, -0.2) is 40.9 Å². The largest absolute Gasteiger partial charge is 0.508 e. The molecule has 2 aliphatic heterocycles. The minimum Gasteiger partial charge on any atom is -0.508 e. The fraction of sp³-hybridized carbons (Fsp3) is 0.355. The lowest BCUT2D eigenvalue weighted by molar-refractivity contribution is 0.168. The van der Waals surface area contributed by atoms with Crippen LogP contribution < -0.4 is 9.47 Å². The molecule has 0 amide bonds. The maximum atomic E-state index is 10.2. The van der Waals surface area contributed by atoms with Gasteiger partial charge in [0.05, 0.1) is 0 Å². The Bertz CT molecular complexity index is 1290. The highest BCUT2D eigenvalue weighted by Gasteiger charge is 2.40. The summed E-state index contributed by atoms with van der Waals surface area (Å²) >= 11 is 0. The number of fused-ring (bicyclic) bond motifs is 2. The first-order valence-electron chi connectivity index (χ1n) is 12.9. The van der Waals surface area contributed by atoms with E-state index in [1.165, 1.54) is 25.9 Å². The van der Waals surface area contributed by atoms with Crippen LogP contribution in [0.2, 0.25) is 0 Å². The molecule has 6 rings (SSSR count). The SMILES string of the molecule is CC1=C(c2cccc(O)c2)C(c2ccc(OCC(C)N3CC4CCC4C3)cc2)Oc2ccc(O)cc21. The van der Waals surface area contributed by atoms with E-state index < -0.39 is 0 Å². The van der Waals surface area contributed by atoms with Crippen molar-refractivity contribution in [1.82, 2.24) is 4.90 Å². The van der Waals surface area contributed by atoms with Crippen LogP contribution in [-0.2, 0) is 0 Å². The molecule has 186 valence electrons. The van der Waals surface area contributed by atoms with Gasteiger partial charge in [0.1, 0.15) is 35.7 Å². The summed E-state index contributed by atoms with van der Waals surface area (Å²) in [6.45, 7) is 7.42. The molecule has 0 spiro atoms. The van der Waals surface area contributed by atoms with Crippen molar-refractivity contribution >= 4 is 11.1 Å². The van der Waals surface area contributed by atoms with Crippen molar-refractivity contribution in [3.8, 4) is 23.0 Å². The molecule has 3 aromatic rings. The van der Waals surface area contributed by atoms with Gasteiger partial charge in [-0.05, 0) is 97.7 Å². The monoisotopic (exact) mass is 483 g/mol. The Morgan fingerprint density at radius 2 is 1.67 bits per heavy atom. The van der Waals surface area contributed by atoms with Gasteiger partial charge in [-0.15, -0.1) is 0 Å². The van der Waals surface area contributed by atoms with Gasteiger partial charge >= 0.3 is 0 Å². The number of allylic oxidation sites excluding steroid dienone is 1. The van der Waals surface area contributed by atoms with Gasteiger partial charge in [-0.3, -0.25) is 4.90 Å². The van der Waals surface area contributed by atoms with E-state index in [1.807, 2.05) is 37.3 Å². The van der Waals surface area contributed by atoms with Crippen LogP contribution >= 0.6 is 0 Å². The predicted octanol–water partition coefficient (Wildman–Crippen LogP) is 6.27. The molecule has 0 aromatic heterocycles. The molecule has 3 aromatic carbocycles. The number of nitrogens with zero attached hydrogens (tertiary/aromatic N) is 1. The van der Waals surface area contributed by atoms with Gasteiger partial charge in [-0.2, -0.15) is 0 Å². The summed E-state index contributed by atoms with van der Waals surface area (Å²) in [5, 5.41) is 20.2. The Hall–Kier alpha value is -3.44. The van der Waals surface area contributed by atoms with E-state index in [9.17, 15) is 10.2 Å². The zero-order valence-corrected chi connectivity index (χ0v) is 20.9. The zero-order valence-electron chi connectivity index (χ0n) is 20.9. The standard InChI is InChI=1S/C31H33NO4/c1-19(32-16-23-6-7-24(23)17-32)18-35-27-11-8-21(9-12-27)31-30(22-4-3-5-25(33)14-22)20(2)28-15-26(34)10-13-29(28)36-31/h3-5,8-15,19,23-24,31,33-34H,6-7,16-18H2,1-2H3. The van der Waals surface area contributed by atoms with Crippen LogP contribution in [0.3, 0.4) is 0 Å². The van der Waals surface area contributed by atoms with E-state index in [-0.39, 0.29) is 17.6 Å². The molecule has 3 aliphatic rings. The first-order valence-corrected chi connectivity index (χ1v) is 12.9. The minimum atomic E-state index is -0.350. The Morgan fingerprint density at radius 1 is 0.944 bits per heavy atom. The normalized spacial score (nSPS) is 23.9. The van der Waals surface area contributed by atoms with Crippen molar-refractivity contribution in [1.29, 1.82) is 0 Å². The fourth-order valence-corrected chi connectivity index (χ4v) is 5.93. The van der Waals surface area contributed by atoms with E-state index in [0.29, 0.717) is 12.6 Å². The summed E-state index contributed by atoms with van der Waals surface area (Å²) < 4.78 is 12.7. The van der Waals surface area contributed by atoms with Gasteiger partial charge in [-0.1, -0.05) is 24.3 Å². The van der Waals surface area contributed by atoms with Gasteiger partial charge in [0.2, 0.25) is 0 Å². The average Bonchev–Trinajstić information content (AvgIpc) is 3.17. The summed E-state index contributed by atoms with van der Waals surface area (Å²) in [4.78, 5) is 2.58. The van der Waals surface area contributed by atoms with Crippen molar-refractivity contribution < 1.29 is 19.7 Å². The number of aromatic hydroxyl groups is 2. The highest BCUT2D eigenvalue weighted by Crippen LogP contribution is 2.48. The number of phenols is 2. The maximum Gasteiger partial charge on any atom is 0.150 e. The molecular weight excluding hydrogens is 450 g/mol. The molecule has 2 fully saturated rings. The molecule has 4 unspecified atom stereocenters. The second-order valence-electron chi connectivity index (χ2n) is 10.5. The quantitative estimate of drug-likeness (QED) is 0.433. The second-order valence-corrected chi connectivity index (χ2v) is 10.5. The lowest BCUT2D eigenvalue weighted by Gasteiger charge is -2.31. The van der Waals surface area contributed by atoms with Gasteiger partial charge < -0.3 is 19.7 Å². The van der Waals surface area contributed by atoms with Crippen LogP contribution in [0.4, 0.5) is 0 Å². The summed E-state index contributed by atoms with van der Waals surface area (Å²) in [6, 6.07) is 21.0. The average molecular weight is 484 g/mol. The van der Waals surface area contributed by atoms with E-state index in [1.54, 1.807) is 24.3 Å². The Labute approximate surface area is 212 Å². The molecule has 0 bridgehead atoms. The highest BCUT2D eigenvalue weighted by atomic mass is 16.5. The number of hydrogen-bond acceptors (Lipinski definition) is 5. The first-order chi connectivity index (χ1) is 17.5. The topological polar surface area (TPSA) is 62.2 Å². The van der Waals surface area contributed by atoms with Crippen molar-refractivity contribution in [3.05, 3.63) is 83.4 Å². The molecule has 36 heavy (non-hydrogen) atoms. The Kier molecular flexibility index (Phi) is 5.88. The molecular formula is C31H33NO4. The van der Waals surface area contributed by atoms with Crippen molar-refractivity contribution in [2.75, 3.05) is 19.7 Å². The molecule has 1 saturated heterocycles. The number of ether oxygens (including phenoxy) is 2. The molecule has 2 N–H and O–H groups in total. The molecule has 1 saturated carbocycles. The third-order valence-corrected chi connectivity index (χ3v) is 8.25. The van der Waals surface area contributed by atoms with Crippen LogP contribution in [0.1, 0.15) is 49.5 Å². The summed E-state index contributed by atoms with van der Waals surface area (Å²) in [7, 11) is 0. The van der Waals surface area contributed by atoms with Crippen molar-refractivity contribution in [2.24, 2.45) is 11.8 Å². The minimum absolute atomic E-state index is 0.197. The van der Waals surface area contributed by atoms with Gasteiger partial charge in [0.15, 0.2) is 0 Å². The smallest absolute Gasteiger partial charge is 0.150 e. The van der Waals surface area contributed by atoms with E-state index >= 15 is 0 Å². The number of likely N-dealkylation sites (tertiary alicyclic amines) is 1. The predicted molar refractivity (Wildman–Crippen MR) is 141 cm³/mol. The second kappa shape index (κ2) is 9.21. The van der Waals surface area contributed by atoms with Crippen LogP contribution in [0.5, 0.6) is 23.0 Å². The third-order valence-electron chi connectivity index (χ3n) is 8.25. The van der Waals surface area contributed by atoms with Gasteiger partial charge in [-0.25, -0.2) is 0 Å². The Morgan fingerprint density at radius 3 is 2.36 bits per heavy atom. The summed E-state index contributed by atoms with van der Waals surface area (Å²) in [5.41, 5.74) is 4.73. The summed E-state index contributed by atoms with van der Waals surface area (Å²) in [6.07, 6.45) is 2.43. The first kappa shape index (κ1) is 23.0. The highest BCUT2D eigenvalue weighted by molar-refractivity contribution is 5.95.